The van der Waals surface area contributed by atoms with E-state index in [1.165, 1.54) is 12.8 Å². The highest BCUT2D eigenvalue weighted by atomic mass is 35.5. The number of hydrogen-bond acceptors (Lipinski definition) is 1. The molecule has 1 nitrogen and oxygen atoms in total. The first kappa shape index (κ1) is 11.1. The molecule has 1 aromatic rings. The second-order valence-electron chi connectivity index (χ2n) is 3.20. The summed E-state index contributed by atoms with van der Waals surface area (Å²) in [5, 5.41) is 3.96. The molecule has 0 saturated carbocycles. The van der Waals surface area contributed by atoms with Gasteiger partial charge in [-0.1, -0.05) is 37.4 Å². The van der Waals surface area contributed by atoms with Gasteiger partial charge in [0.25, 0.3) is 0 Å². The van der Waals surface area contributed by atoms with Crippen LogP contribution in [0.1, 0.15) is 26.2 Å². The summed E-state index contributed by atoms with van der Waals surface area (Å²) >= 11 is 5.77. The van der Waals surface area contributed by atoms with E-state index in [1.54, 1.807) is 0 Å². The number of allylic oxidation sites excluding steroid dienone is 1. The Morgan fingerprint density at radius 3 is 2.64 bits per heavy atom. The maximum atomic E-state index is 5.77. The number of benzene rings is 1. The van der Waals surface area contributed by atoms with Crippen molar-refractivity contribution in [3.05, 3.63) is 41.6 Å². The number of anilines is 1. The summed E-state index contributed by atoms with van der Waals surface area (Å²) in [6.45, 7) is 2.19. The van der Waals surface area contributed by atoms with Crippen molar-refractivity contribution < 1.29 is 0 Å². The lowest BCUT2D eigenvalue weighted by Gasteiger charge is -1.99. The molecule has 76 valence electrons. The molecule has 0 aliphatic rings. The van der Waals surface area contributed by atoms with Crippen LogP contribution in [0.5, 0.6) is 0 Å². The van der Waals surface area contributed by atoms with Crippen LogP contribution < -0.4 is 5.32 Å². The first-order valence-electron chi connectivity index (χ1n) is 5.00. The first-order chi connectivity index (χ1) is 6.83. The Balaban J connectivity index is 2.30. The normalized spacial score (nSPS) is 10.7. The van der Waals surface area contributed by atoms with E-state index < -0.39 is 0 Å². The summed E-state index contributed by atoms with van der Waals surface area (Å²) in [6.07, 6.45) is 7.76. The molecule has 2 heteroatoms. The average Bonchev–Trinajstić information content (AvgIpc) is 2.21. The van der Waals surface area contributed by atoms with Crippen LogP contribution in [0.15, 0.2) is 36.5 Å². The van der Waals surface area contributed by atoms with Crippen molar-refractivity contribution in [2.24, 2.45) is 0 Å². The van der Waals surface area contributed by atoms with Crippen molar-refractivity contribution >= 4 is 17.3 Å². The van der Waals surface area contributed by atoms with Gasteiger partial charge in [0.15, 0.2) is 0 Å². The summed E-state index contributed by atoms with van der Waals surface area (Å²) in [5.41, 5.74) is 1.07. The van der Waals surface area contributed by atoms with Crippen LogP contribution in [0.4, 0.5) is 5.69 Å². The summed E-state index contributed by atoms with van der Waals surface area (Å²) in [7, 11) is 0. The summed E-state index contributed by atoms with van der Waals surface area (Å²) in [4.78, 5) is 0. The molecule has 0 unspecified atom stereocenters. The lowest BCUT2D eigenvalue weighted by atomic mass is 10.2. The predicted molar refractivity (Wildman–Crippen MR) is 63.7 cm³/mol. The Morgan fingerprint density at radius 2 is 2.00 bits per heavy atom. The molecule has 0 aromatic heterocycles. The van der Waals surface area contributed by atoms with E-state index in [9.17, 15) is 0 Å². The molecule has 0 atom stereocenters. The third-order valence-electron chi connectivity index (χ3n) is 1.94. The SMILES string of the molecule is CCCC/C=C/Nc1ccc(Cl)cc1. The third kappa shape index (κ3) is 4.33. The van der Waals surface area contributed by atoms with Gasteiger partial charge in [-0.25, -0.2) is 0 Å². The zero-order valence-corrected chi connectivity index (χ0v) is 9.22. The van der Waals surface area contributed by atoms with Crippen LogP contribution >= 0.6 is 11.6 Å². The highest BCUT2D eigenvalue weighted by Gasteiger charge is 1.87. The molecular weight excluding hydrogens is 194 g/mol. The molecule has 0 fully saturated rings. The molecular formula is C12H16ClN. The van der Waals surface area contributed by atoms with Gasteiger partial charge in [0.1, 0.15) is 0 Å². The fourth-order valence-corrected chi connectivity index (χ4v) is 1.23. The maximum Gasteiger partial charge on any atom is 0.0407 e. The van der Waals surface area contributed by atoms with Crippen LogP contribution in [0.2, 0.25) is 5.02 Å². The fourth-order valence-electron chi connectivity index (χ4n) is 1.11. The molecule has 1 rings (SSSR count). The molecule has 0 spiro atoms. The number of hydrogen-bond donors (Lipinski definition) is 1. The van der Waals surface area contributed by atoms with Crippen LogP contribution in [0, 0.1) is 0 Å². The molecule has 0 aliphatic carbocycles. The lowest BCUT2D eigenvalue weighted by molar-refractivity contribution is 0.814. The second kappa shape index (κ2) is 6.50. The minimum absolute atomic E-state index is 0.769. The Hall–Kier alpha value is -0.950. The van der Waals surface area contributed by atoms with Crippen LogP contribution in [0.3, 0.4) is 0 Å². The van der Waals surface area contributed by atoms with Gasteiger partial charge < -0.3 is 5.32 Å². The van der Waals surface area contributed by atoms with Crippen LogP contribution in [-0.4, -0.2) is 0 Å². The van der Waals surface area contributed by atoms with E-state index in [0.29, 0.717) is 0 Å². The van der Waals surface area contributed by atoms with E-state index in [1.807, 2.05) is 30.5 Å². The number of halogens is 1. The van der Waals surface area contributed by atoms with Gasteiger partial charge in [0, 0.05) is 10.7 Å². The number of rotatable bonds is 5. The van der Waals surface area contributed by atoms with E-state index in [4.69, 9.17) is 11.6 Å². The van der Waals surface area contributed by atoms with Gasteiger partial charge in [-0.05, 0) is 36.9 Å². The fraction of sp³-hybridized carbons (Fsp3) is 0.333. The highest BCUT2D eigenvalue weighted by molar-refractivity contribution is 6.30. The average molecular weight is 210 g/mol. The van der Waals surface area contributed by atoms with Crippen LogP contribution in [0.25, 0.3) is 0 Å². The molecule has 14 heavy (non-hydrogen) atoms. The van der Waals surface area contributed by atoms with E-state index in [2.05, 4.69) is 18.3 Å². The topological polar surface area (TPSA) is 12.0 Å². The molecule has 1 N–H and O–H groups in total. The van der Waals surface area contributed by atoms with E-state index in [0.717, 1.165) is 17.1 Å². The largest absolute Gasteiger partial charge is 0.362 e. The molecule has 0 aliphatic heterocycles. The summed E-state index contributed by atoms with van der Waals surface area (Å²) in [6, 6.07) is 7.69. The van der Waals surface area contributed by atoms with E-state index in [-0.39, 0.29) is 0 Å². The van der Waals surface area contributed by atoms with Crippen LogP contribution in [-0.2, 0) is 0 Å². The van der Waals surface area contributed by atoms with Gasteiger partial charge >= 0.3 is 0 Å². The molecule has 0 saturated heterocycles. The zero-order valence-electron chi connectivity index (χ0n) is 8.46. The molecule has 0 bridgehead atoms. The molecule has 1 aromatic carbocycles. The van der Waals surface area contributed by atoms with Crippen molar-refractivity contribution in [3.8, 4) is 0 Å². The lowest BCUT2D eigenvalue weighted by Crippen LogP contribution is -1.85. The monoisotopic (exact) mass is 209 g/mol. The summed E-state index contributed by atoms with van der Waals surface area (Å²) < 4.78 is 0. The van der Waals surface area contributed by atoms with Gasteiger partial charge in [0.05, 0.1) is 0 Å². The van der Waals surface area contributed by atoms with Gasteiger partial charge in [-0.2, -0.15) is 0 Å². The van der Waals surface area contributed by atoms with Gasteiger partial charge in [-0.3, -0.25) is 0 Å². The molecule has 0 heterocycles. The second-order valence-corrected chi connectivity index (χ2v) is 3.63. The predicted octanol–water partition coefficient (Wildman–Crippen LogP) is 4.46. The Labute approximate surface area is 90.8 Å². The van der Waals surface area contributed by atoms with Gasteiger partial charge in [0.2, 0.25) is 0 Å². The van der Waals surface area contributed by atoms with Crippen molar-refractivity contribution in [3.63, 3.8) is 0 Å². The Kier molecular flexibility index (Phi) is 5.16. The minimum atomic E-state index is 0.769. The summed E-state index contributed by atoms with van der Waals surface area (Å²) in [5.74, 6) is 0. The smallest absolute Gasteiger partial charge is 0.0407 e. The Morgan fingerprint density at radius 1 is 1.29 bits per heavy atom. The minimum Gasteiger partial charge on any atom is -0.362 e. The quantitative estimate of drug-likeness (QED) is 0.707. The zero-order chi connectivity index (χ0) is 10.2. The number of unbranched alkanes of at least 4 members (excludes halogenated alkanes) is 2. The Bertz CT molecular complexity index is 277. The first-order valence-corrected chi connectivity index (χ1v) is 5.38. The molecule has 0 amide bonds. The highest BCUT2D eigenvalue weighted by Crippen LogP contribution is 2.13. The van der Waals surface area contributed by atoms with E-state index >= 15 is 0 Å². The standard InChI is InChI=1S/C12H16ClN/c1-2-3-4-5-10-14-12-8-6-11(13)7-9-12/h5-10,14H,2-4H2,1H3/b10-5+. The molecule has 0 radical (unpaired) electrons. The van der Waals surface area contributed by atoms with Crippen molar-refractivity contribution in [2.75, 3.05) is 5.32 Å². The third-order valence-corrected chi connectivity index (χ3v) is 2.19. The van der Waals surface area contributed by atoms with Crippen molar-refractivity contribution in [2.45, 2.75) is 26.2 Å². The maximum absolute atomic E-state index is 5.77. The van der Waals surface area contributed by atoms with Gasteiger partial charge in [-0.15, -0.1) is 0 Å². The van der Waals surface area contributed by atoms with Crippen molar-refractivity contribution in [1.29, 1.82) is 0 Å². The van der Waals surface area contributed by atoms with Crippen molar-refractivity contribution in [1.82, 2.24) is 0 Å². The number of nitrogens with one attached hydrogen (secondary N) is 1.